The molecule has 104 valence electrons. The first kappa shape index (κ1) is 14.7. The molecule has 5 heteroatoms. The Morgan fingerprint density at radius 2 is 1.90 bits per heavy atom. The lowest BCUT2D eigenvalue weighted by molar-refractivity contribution is 0.0911. The molecular weight excluding hydrogens is 325 g/mol. The lowest BCUT2D eigenvalue weighted by Gasteiger charge is -2.17. The normalized spacial score (nSPS) is 11.9. The van der Waals surface area contributed by atoms with Crippen LogP contribution in [0.2, 0.25) is 0 Å². The van der Waals surface area contributed by atoms with Crippen LogP contribution in [-0.4, -0.2) is 17.6 Å². The van der Waals surface area contributed by atoms with E-state index in [1.165, 1.54) is 12.1 Å². The highest BCUT2D eigenvalue weighted by Crippen LogP contribution is 2.21. The molecule has 2 rings (SSSR count). The molecule has 1 atom stereocenters. The Kier molecular flexibility index (Phi) is 4.87. The van der Waals surface area contributed by atoms with E-state index in [0.717, 1.165) is 5.56 Å². The molecule has 0 fully saturated rings. The number of amides is 1. The van der Waals surface area contributed by atoms with Crippen molar-refractivity contribution < 1.29 is 14.3 Å². The predicted molar refractivity (Wildman–Crippen MR) is 77.8 cm³/mol. The Morgan fingerprint density at radius 1 is 1.20 bits per heavy atom. The van der Waals surface area contributed by atoms with Crippen molar-refractivity contribution in [2.24, 2.45) is 0 Å². The van der Waals surface area contributed by atoms with Crippen LogP contribution in [0.25, 0.3) is 0 Å². The molecule has 0 aliphatic heterocycles. The molecule has 20 heavy (non-hydrogen) atoms. The molecule has 2 aromatic carbocycles. The molecule has 2 aromatic rings. The molecule has 0 bridgehead atoms. The standard InChI is InChI=1S/C15H13BrFNO2/c16-11-7-4-8-12(17)14(11)15(20)18-13(9-19)10-5-2-1-3-6-10/h1-8,13,19H,9H2,(H,18,20). The van der Waals surface area contributed by atoms with E-state index in [-0.39, 0.29) is 12.2 Å². The van der Waals surface area contributed by atoms with E-state index in [4.69, 9.17) is 0 Å². The van der Waals surface area contributed by atoms with Gasteiger partial charge in [-0.1, -0.05) is 36.4 Å². The minimum absolute atomic E-state index is 0.0677. The molecule has 1 amide bonds. The van der Waals surface area contributed by atoms with Gasteiger partial charge in [0.15, 0.2) is 0 Å². The number of aliphatic hydroxyl groups is 1. The summed E-state index contributed by atoms with van der Waals surface area (Å²) >= 11 is 3.15. The maximum Gasteiger partial charge on any atom is 0.255 e. The van der Waals surface area contributed by atoms with Gasteiger partial charge in [-0.2, -0.15) is 0 Å². The Labute approximate surface area is 124 Å². The van der Waals surface area contributed by atoms with Crippen LogP contribution in [0.15, 0.2) is 53.0 Å². The zero-order chi connectivity index (χ0) is 14.5. The van der Waals surface area contributed by atoms with E-state index in [9.17, 15) is 14.3 Å². The molecule has 3 nitrogen and oxygen atoms in total. The Bertz CT molecular complexity index is 584. The molecule has 2 N–H and O–H groups in total. The molecule has 0 aliphatic carbocycles. The summed E-state index contributed by atoms with van der Waals surface area (Å²) in [6.45, 7) is -0.262. The van der Waals surface area contributed by atoms with Gasteiger partial charge >= 0.3 is 0 Å². The van der Waals surface area contributed by atoms with E-state index < -0.39 is 17.8 Å². The van der Waals surface area contributed by atoms with E-state index in [0.29, 0.717) is 4.47 Å². The largest absolute Gasteiger partial charge is 0.394 e. The van der Waals surface area contributed by atoms with Gasteiger partial charge in [-0.15, -0.1) is 0 Å². The highest BCUT2D eigenvalue weighted by atomic mass is 79.9. The van der Waals surface area contributed by atoms with Gasteiger partial charge in [0.25, 0.3) is 5.91 Å². The van der Waals surface area contributed by atoms with Crippen LogP contribution in [0.1, 0.15) is 22.0 Å². The molecule has 0 spiro atoms. The fraction of sp³-hybridized carbons (Fsp3) is 0.133. The summed E-state index contributed by atoms with van der Waals surface area (Å²) in [6.07, 6.45) is 0. The third-order valence-electron chi connectivity index (χ3n) is 2.88. The second-order valence-corrected chi connectivity index (χ2v) is 5.07. The van der Waals surface area contributed by atoms with Crippen LogP contribution in [-0.2, 0) is 0 Å². The monoisotopic (exact) mass is 337 g/mol. The molecule has 0 aliphatic rings. The fourth-order valence-electron chi connectivity index (χ4n) is 1.86. The van der Waals surface area contributed by atoms with Crippen molar-refractivity contribution in [3.05, 3.63) is 69.9 Å². The minimum atomic E-state index is -0.610. The van der Waals surface area contributed by atoms with E-state index in [1.807, 2.05) is 18.2 Å². The third-order valence-corrected chi connectivity index (χ3v) is 3.54. The second-order valence-electron chi connectivity index (χ2n) is 4.22. The molecule has 0 aromatic heterocycles. The van der Waals surface area contributed by atoms with Gasteiger partial charge < -0.3 is 10.4 Å². The number of nitrogens with one attached hydrogen (secondary N) is 1. The van der Waals surface area contributed by atoms with Crippen molar-refractivity contribution in [3.8, 4) is 0 Å². The third kappa shape index (κ3) is 3.23. The maximum atomic E-state index is 13.7. The summed E-state index contributed by atoms with van der Waals surface area (Å²) in [7, 11) is 0. The van der Waals surface area contributed by atoms with Crippen molar-refractivity contribution in [2.75, 3.05) is 6.61 Å². The lowest BCUT2D eigenvalue weighted by Crippen LogP contribution is -2.31. The fourth-order valence-corrected chi connectivity index (χ4v) is 2.39. The Morgan fingerprint density at radius 3 is 2.50 bits per heavy atom. The highest BCUT2D eigenvalue weighted by molar-refractivity contribution is 9.10. The molecule has 0 saturated heterocycles. The summed E-state index contributed by atoms with van der Waals surface area (Å²) in [5, 5.41) is 12.0. The van der Waals surface area contributed by atoms with E-state index >= 15 is 0 Å². The smallest absolute Gasteiger partial charge is 0.255 e. The van der Waals surface area contributed by atoms with Crippen molar-refractivity contribution in [1.82, 2.24) is 5.32 Å². The van der Waals surface area contributed by atoms with E-state index in [1.54, 1.807) is 18.2 Å². The first-order valence-electron chi connectivity index (χ1n) is 6.04. The lowest BCUT2D eigenvalue weighted by atomic mass is 10.1. The van der Waals surface area contributed by atoms with Crippen molar-refractivity contribution in [3.63, 3.8) is 0 Å². The quantitative estimate of drug-likeness (QED) is 0.900. The number of rotatable bonds is 4. The van der Waals surface area contributed by atoms with Gasteiger partial charge in [0.2, 0.25) is 0 Å². The van der Waals surface area contributed by atoms with Crippen LogP contribution < -0.4 is 5.32 Å². The van der Waals surface area contributed by atoms with Crippen molar-refractivity contribution in [1.29, 1.82) is 0 Å². The molecule has 0 saturated carbocycles. The zero-order valence-electron chi connectivity index (χ0n) is 10.5. The Balaban J connectivity index is 2.22. The molecule has 1 unspecified atom stereocenters. The maximum absolute atomic E-state index is 13.7. The number of benzene rings is 2. The number of aliphatic hydroxyl groups excluding tert-OH is 1. The van der Waals surface area contributed by atoms with Crippen LogP contribution >= 0.6 is 15.9 Å². The van der Waals surface area contributed by atoms with Crippen LogP contribution in [0.5, 0.6) is 0 Å². The summed E-state index contributed by atoms with van der Waals surface area (Å²) in [5.41, 5.74) is 0.692. The minimum Gasteiger partial charge on any atom is -0.394 e. The highest BCUT2D eigenvalue weighted by Gasteiger charge is 2.19. The van der Waals surface area contributed by atoms with Crippen LogP contribution in [0, 0.1) is 5.82 Å². The van der Waals surface area contributed by atoms with Gasteiger partial charge in [0.05, 0.1) is 18.2 Å². The van der Waals surface area contributed by atoms with Crippen molar-refractivity contribution >= 4 is 21.8 Å². The first-order chi connectivity index (χ1) is 9.63. The molecular formula is C15H13BrFNO2. The van der Waals surface area contributed by atoms with Crippen LogP contribution in [0.4, 0.5) is 4.39 Å². The summed E-state index contributed by atoms with van der Waals surface area (Å²) < 4.78 is 14.1. The summed E-state index contributed by atoms with van der Waals surface area (Å²) in [6, 6.07) is 12.8. The zero-order valence-corrected chi connectivity index (χ0v) is 12.1. The first-order valence-corrected chi connectivity index (χ1v) is 6.83. The number of hydrogen-bond donors (Lipinski definition) is 2. The number of halogens is 2. The van der Waals surface area contributed by atoms with Crippen molar-refractivity contribution in [2.45, 2.75) is 6.04 Å². The Hall–Kier alpha value is -1.72. The van der Waals surface area contributed by atoms with Gasteiger partial charge in [-0.3, -0.25) is 4.79 Å². The van der Waals surface area contributed by atoms with Gasteiger partial charge in [0, 0.05) is 4.47 Å². The number of carbonyl (C=O) groups is 1. The number of carbonyl (C=O) groups excluding carboxylic acids is 1. The second kappa shape index (κ2) is 6.63. The SMILES string of the molecule is O=C(NC(CO)c1ccccc1)c1c(F)cccc1Br. The summed E-state index contributed by atoms with van der Waals surface area (Å²) in [5.74, 6) is -1.18. The van der Waals surface area contributed by atoms with Gasteiger partial charge in [0.1, 0.15) is 5.82 Å². The molecule has 0 radical (unpaired) electrons. The topological polar surface area (TPSA) is 49.3 Å². The van der Waals surface area contributed by atoms with Gasteiger partial charge in [-0.25, -0.2) is 4.39 Å². The average Bonchev–Trinajstić information content (AvgIpc) is 2.45. The van der Waals surface area contributed by atoms with Gasteiger partial charge in [-0.05, 0) is 33.6 Å². The molecule has 0 heterocycles. The average molecular weight is 338 g/mol. The number of hydrogen-bond acceptors (Lipinski definition) is 2. The summed E-state index contributed by atoms with van der Waals surface area (Å²) in [4.78, 5) is 12.1. The predicted octanol–water partition coefficient (Wildman–Crippen LogP) is 3.05. The van der Waals surface area contributed by atoms with Crippen LogP contribution in [0.3, 0.4) is 0 Å². The van der Waals surface area contributed by atoms with E-state index in [2.05, 4.69) is 21.2 Å².